The Balaban J connectivity index is 2.28. The van der Waals surface area contributed by atoms with Gasteiger partial charge in [-0.05, 0) is 24.8 Å². The number of rotatable bonds is 5. The van der Waals surface area contributed by atoms with Gasteiger partial charge in [-0.25, -0.2) is 0 Å². The molecule has 0 bridgehead atoms. The molecule has 0 N–H and O–H groups in total. The van der Waals surface area contributed by atoms with Gasteiger partial charge < -0.3 is 9.47 Å². The van der Waals surface area contributed by atoms with Gasteiger partial charge in [-0.2, -0.15) is 0 Å². The van der Waals surface area contributed by atoms with Crippen LogP contribution in [0, 0.1) is 0 Å². The Kier molecular flexibility index (Phi) is 6.11. The fourth-order valence-electron chi connectivity index (χ4n) is 1.83. The summed E-state index contributed by atoms with van der Waals surface area (Å²) in [4.78, 5) is 21.7. The van der Waals surface area contributed by atoms with Gasteiger partial charge in [0.15, 0.2) is 0 Å². The summed E-state index contributed by atoms with van der Waals surface area (Å²) in [5.41, 5.74) is 1.10. The molecule has 1 aliphatic heterocycles. The van der Waals surface area contributed by atoms with Crippen molar-refractivity contribution in [2.75, 3.05) is 4.43 Å². The van der Waals surface area contributed by atoms with E-state index in [-0.39, 0.29) is 18.6 Å². The Labute approximate surface area is 115 Å². The summed E-state index contributed by atoms with van der Waals surface area (Å²) >= 11 is 2.31. The zero-order valence-electron chi connectivity index (χ0n) is 9.91. The van der Waals surface area contributed by atoms with E-state index in [1.165, 1.54) is 6.92 Å². The SMILES string of the molecule is C=C1C[C@H](CCC(=O)OC(C)=O)O[C@H]1CCI. The molecular weight excluding hydrogens is 335 g/mol. The Hall–Kier alpha value is -0.430. The van der Waals surface area contributed by atoms with Gasteiger partial charge in [-0.1, -0.05) is 29.2 Å². The van der Waals surface area contributed by atoms with Gasteiger partial charge in [0.05, 0.1) is 12.2 Å². The highest BCUT2D eigenvalue weighted by Crippen LogP contribution is 2.29. The lowest BCUT2D eigenvalue weighted by atomic mass is 10.1. The highest BCUT2D eigenvalue weighted by molar-refractivity contribution is 14.1. The first kappa shape index (κ1) is 14.6. The Morgan fingerprint density at radius 3 is 2.82 bits per heavy atom. The van der Waals surface area contributed by atoms with E-state index < -0.39 is 11.9 Å². The third-order valence-corrected chi connectivity index (χ3v) is 3.22. The first-order chi connectivity index (χ1) is 8.02. The zero-order valence-corrected chi connectivity index (χ0v) is 12.1. The van der Waals surface area contributed by atoms with Crippen molar-refractivity contribution in [2.24, 2.45) is 0 Å². The number of halogens is 1. The summed E-state index contributed by atoms with van der Waals surface area (Å²) in [5.74, 6) is -1.04. The van der Waals surface area contributed by atoms with Crippen LogP contribution in [0.3, 0.4) is 0 Å². The normalized spacial score (nSPS) is 23.8. The van der Waals surface area contributed by atoms with E-state index in [0.29, 0.717) is 6.42 Å². The smallest absolute Gasteiger partial charge is 0.313 e. The van der Waals surface area contributed by atoms with E-state index in [1.807, 2.05) is 0 Å². The van der Waals surface area contributed by atoms with Gasteiger partial charge in [0.1, 0.15) is 0 Å². The molecule has 2 atom stereocenters. The van der Waals surface area contributed by atoms with Gasteiger partial charge in [-0.3, -0.25) is 9.59 Å². The van der Waals surface area contributed by atoms with Crippen LogP contribution in [0.1, 0.15) is 32.6 Å². The van der Waals surface area contributed by atoms with Crippen molar-refractivity contribution in [3.63, 3.8) is 0 Å². The van der Waals surface area contributed by atoms with E-state index in [1.54, 1.807) is 0 Å². The van der Waals surface area contributed by atoms with Crippen LogP contribution >= 0.6 is 22.6 Å². The Bertz CT molecular complexity index is 314. The van der Waals surface area contributed by atoms with E-state index >= 15 is 0 Å². The summed E-state index contributed by atoms with van der Waals surface area (Å²) < 4.78 is 11.3. The minimum atomic E-state index is -0.561. The quantitative estimate of drug-likeness (QED) is 0.251. The maximum Gasteiger partial charge on any atom is 0.313 e. The third-order valence-electron chi connectivity index (χ3n) is 2.60. The summed E-state index contributed by atoms with van der Waals surface area (Å²) in [6.45, 7) is 5.21. The van der Waals surface area contributed by atoms with E-state index in [2.05, 4.69) is 33.9 Å². The number of carbonyl (C=O) groups excluding carboxylic acids is 2. The molecule has 0 aromatic heterocycles. The average Bonchev–Trinajstić information content (AvgIpc) is 2.57. The summed E-state index contributed by atoms with van der Waals surface area (Å²) in [6, 6.07) is 0. The maximum absolute atomic E-state index is 11.2. The maximum atomic E-state index is 11.2. The molecule has 0 radical (unpaired) electrons. The molecule has 0 aliphatic carbocycles. The topological polar surface area (TPSA) is 52.6 Å². The van der Waals surface area contributed by atoms with Crippen molar-refractivity contribution in [3.8, 4) is 0 Å². The van der Waals surface area contributed by atoms with Gasteiger partial charge in [-0.15, -0.1) is 0 Å². The first-order valence-electron chi connectivity index (χ1n) is 5.63. The van der Waals surface area contributed by atoms with Crippen LogP contribution in [0.15, 0.2) is 12.2 Å². The molecule has 0 spiro atoms. The van der Waals surface area contributed by atoms with E-state index in [0.717, 1.165) is 22.8 Å². The minimum Gasteiger partial charge on any atom is -0.393 e. The molecule has 0 unspecified atom stereocenters. The van der Waals surface area contributed by atoms with Crippen molar-refractivity contribution in [3.05, 3.63) is 12.2 Å². The molecule has 1 fully saturated rings. The van der Waals surface area contributed by atoms with Crippen LogP contribution in [0.2, 0.25) is 0 Å². The molecule has 1 rings (SSSR count). The minimum absolute atomic E-state index is 0.0370. The highest BCUT2D eigenvalue weighted by Gasteiger charge is 2.28. The standard InChI is InChI=1S/C12H17IO4/c1-8-7-10(17-11(8)5-6-13)3-4-12(15)16-9(2)14/h10-11H,1,3-7H2,2H3/t10-,11-/m0/s1. The van der Waals surface area contributed by atoms with Crippen LogP contribution in [0.5, 0.6) is 0 Å². The average molecular weight is 352 g/mol. The van der Waals surface area contributed by atoms with Gasteiger partial charge in [0.2, 0.25) is 0 Å². The van der Waals surface area contributed by atoms with Crippen molar-refractivity contribution in [1.29, 1.82) is 0 Å². The van der Waals surface area contributed by atoms with E-state index in [9.17, 15) is 9.59 Å². The molecule has 4 nitrogen and oxygen atoms in total. The molecular formula is C12H17IO4. The molecule has 96 valence electrons. The molecule has 1 aliphatic rings. The van der Waals surface area contributed by atoms with Crippen molar-refractivity contribution in [2.45, 2.75) is 44.8 Å². The van der Waals surface area contributed by atoms with Crippen LogP contribution in [0.25, 0.3) is 0 Å². The molecule has 0 aromatic rings. The summed E-state index contributed by atoms with van der Waals surface area (Å²) in [7, 11) is 0. The second-order valence-corrected chi connectivity index (χ2v) is 5.17. The second-order valence-electron chi connectivity index (χ2n) is 4.09. The molecule has 17 heavy (non-hydrogen) atoms. The molecule has 1 saturated heterocycles. The zero-order chi connectivity index (χ0) is 12.8. The van der Waals surface area contributed by atoms with Crippen LogP contribution < -0.4 is 0 Å². The van der Waals surface area contributed by atoms with Crippen molar-refractivity contribution in [1.82, 2.24) is 0 Å². The highest BCUT2D eigenvalue weighted by atomic mass is 127. The van der Waals surface area contributed by atoms with Crippen LogP contribution in [-0.4, -0.2) is 28.6 Å². The van der Waals surface area contributed by atoms with E-state index in [4.69, 9.17) is 4.74 Å². The molecule has 0 saturated carbocycles. The lowest BCUT2D eigenvalue weighted by Crippen LogP contribution is -2.15. The number of esters is 2. The fraction of sp³-hybridized carbons (Fsp3) is 0.667. The summed E-state index contributed by atoms with van der Waals surface area (Å²) in [5, 5.41) is 0. The molecule has 0 aromatic carbocycles. The predicted molar refractivity (Wildman–Crippen MR) is 71.9 cm³/mol. The van der Waals surface area contributed by atoms with Crippen molar-refractivity contribution < 1.29 is 19.1 Å². The fourth-order valence-corrected chi connectivity index (χ4v) is 2.40. The van der Waals surface area contributed by atoms with Gasteiger partial charge in [0, 0.05) is 17.8 Å². The lowest BCUT2D eigenvalue weighted by molar-refractivity contribution is -0.158. The number of alkyl halides is 1. The lowest BCUT2D eigenvalue weighted by Gasteiger charge is -2.11. The number of hydrogen-bond acceptors (Lipinski definition) is 4. The number of hydrogen-bond donors (Lipinski definition) is 0. The monoisotopic (exact) mass is 352 g/mol. The Morgan fingerprint density at radius 1 is 1.53 bits per heavy atom. The van der Waals surface area contributed by atoms with Gasteiger partial charge in [0.25, 0.3) is 0 Å². The number of carbonyl (C=O) groups is 2. The summed E-state index contributed by atoms with van der Waals surface area (Å²) in [6.07, 6.45) is 2.73. The molecule has 5 heteroatoms. The first-order valence-corrected chi connectivity index (χ1v) is 7.15. The third kappa shape index (κ3) is 5.16. The molecule has 1 heterocycles. The Morgan fingerprint density at radius 2 is 2.24 bits per heavy atom. The number of ether oxygens (including phenoxy) is 2. The molecule has 0 amide bonds. The van der Waals surface area contributed by atoms with Crippen LogP contribution in [-0.2, 0) is 19.1 Å². The van der Waals surface area contributed by atoms with Crippen molar-refractivity contribution >= 4 is 34.5 Å². The van der Waals surface area contributed by atoms with Crippen LogP contribution in [0.4, 0.5) is 0 Å². The predicted octanol–water partition coefficient (Wildman–Crippen LogP) is 2.40. The second kappa shape index (κ2) is 7.10. The largest absolute Gasteiger partial charge is 0.393 e. The van der Waals surface area contributed by atoms with Gasteiger partial charge >= 0.3 is 11.9 Å².